The highest BCUT2D eigenvalue weighted by Crippen LogP contribution is 2.25. The molecule has 1 rings (SSSR count). The molecule has 1 saturated heterocycles. The number of hydrogen-bond acceptors (Lipinski definition) is 1. The molecule has 11 heavy (non-hydrogen) atoms. The summed E-state index contributed by atoms with van der Waals surface area (Å²) in [5.41, 5.74) is 1.26. The summed E-state index contributed by atoms with van der Waals surface area (Å²) < 4.78 is 5.60. The van der Waals surface area contributed by atoms with E-state index in [1.165, 1.54) is 24.8 Å². The molecule has 0 aromatic heterocycles. The van der Waals surface area contributed by atoms with Gasteiger partial charge in [0.1, 0.15) is 0 Å². The van der Waals surface area contributed by atoms with Gasteiger partial charge in [0.2, 0.25) is 0 Å². The molecule has 0 amide bonds. The van der Waals surface area contributed by atoms with Gasteiger partial charge in [-0.15, -0.1) is 0 Å². The van der Waals surface area contributed by atoms with E-state index in [4.69, 9.17) is 4.74 Å². The fourth-order valence-electron chi connectivity index (χ4n) is 1.52. The molecule has 0 aromatic rings. The zero-order valence-electron chi connectivity index (χ0n) is 7.60. The first-order chi connectivity index (χ1) is 5.24. The van der Waals surface area contributed by atoms with Crippen LogP contribution in [0.3, 0.4) is 0 Å². The summed E-state index contributed by atoms with van der Waals surface area (Å²) in [5, 5.41) is 0. The first-order valence-electron chi connectivity index (χ1n) is 4.53. The first kappa shape index (κ1) is 8.79. The van der Waals surface area contributed by atoms with Gasteiger partial charge in [-0.3, -0.25) is 0 Å². The lowest BCUT2D eigenvalue weighted by Gasteiger charge is -2.28. The summed E-state index contributed by atoms with van der Waals surface area (Å²) in [4.78, 5) is 0. The first-order valence-corrected chi connectivity index (χ1v) is 4.53. The van der Waals surface area contributed by atoms with Crippen LogP contribution in [0.1, 0.15) is 33.1 Å². The quantitative estimate of drug-likeness (QED) is 0.556. The van der Waals surface area contributed by atoms with Gasteiger partial charge >= 0.3 is 0 Å². The van der Waals surface area contributed by atoms with E-state index >= 15 is 0 Å². The minimum absolute atomic E-state index is 0.500. The predicted molar refractivity (Wildman–Crippen MR) is 47.6 cm³/mol. The van der Waals surface area contributed by atoms with Crippen LogP contribution in [-0.2, 0) is 4.74 Å². The smallest absolute Gasteiger partial charge is 0.0680 e. The van der Waals surface area contributed by atoms with E-state index in [1.807, 2.05) is 0 Å². The number of rotatable bonds is 2. The van der Waals surface area contributed by atoms with E-state index in [2.05, 4.69) is 20.4 Å². The van der Waals surface area contributed by atoms with Gasteiger partial charge in [-0.05, 0) is 24.3 Å². The molecule has 1 aliphatic rings. The predicted octanol–water partition coefficient (Wildman–Crippen LogP) is 2.77. The standard InChI is InChI=1S/C10H18O/c1-4-5-10-6-8(2)9(3)7-11-10/h8,10H,3-7H2,1-2H3/t8?,10-/m0/s1. The normalized spacial score (nSPS) is 32.4. The van der Waals surface area contributed by atoms with E-state index in [0.29, 0.717) is 12.0 Å². The molecule has 0 N–H and O–H groups in total. The average molecular weight is 154 g/mol. The van der Waals surface area contributed by atoms with E-state index in [1.54, 1.807) is 0 Å². The molecule has 1 nitrogen and oxygen atoms in total. The fourth-order valence-corrected chi connectivity index (χ4v) is 1.52. The van der Waals surface area contributed by atoms with E-state index < -0.39 is 0 Å². The molecule has 1 unspecified atom stereocenters. The minimum Gasteiger partial charge on any atom is -0.374 e. The highest BCUT2D eigenvalue weighted by Gasteiger charge is 2.20. The third-order valence-electron chi connectivity index (χ3n) is 2.43. The average Bonchev–Trinajstić information content (AvgIpc) is 1.98. The largest absolute Gasteiger partial charge is 0.374 e. The van der Waals surface area contributed by atoms with E-state index in [-0.39, 0.29) is 0 Å². The van der Waals surface area contributed by atoms with Gasteiger partial charge in [-0.25, -0.2) is 0 Å². The Hall–Kier alpha value is -0.300. The molecule has 0 aromatic carbocycles. The molecule has 1 fully saturated rings. The van der Waals surface area contributed by atoms with Crippen molar-refractivity contribution in [3.8, 4) is 0 Å². The Morgan fingerprint density at radius 1 is 1.64 bits per heavy atom. The van der Waals surface area contributed by atoms with Gasteiger partial charge in [-0.2, -0.15) is 0 Å². The molecule has 0 saturated carbocycles. The zero-order chi connectivity index (χ0) is 8.27. The van der Waals surface area contributed by atoms with Crippen molar-refractivity contribution in [2.75, 3.05) is 6.61 Å². The maximum absolute atomic E-state index is 5.60. The molecular formula is C10H18O. The van der Waals surface area contributed by atoms with E-state index in [0.717, 1.165) is 6.61 Å². The Balaban J connectivity index is 2.33. The van der Waals surface area contributed by atoms with Gasteiger partial charge < -0.3 is 4.74 Å². The lowest BCUT2D eigenvalue weighted by Crippen LogP contribution is -2.25. The second kappa shape index (κ2) is 3.91. The monoisotopic (exact) mass is 154 g/mol. The Labute approximate surface area is 69.4 Å². The summed E-state index contributed by atoms with van der Waals surface area (Å²) >= 11 is 0. The van der Waals surface area contributed by atoms with Crippen molar-refractivity contribution in [1.29, 1.82) is 0 Å². The summed E-state index contributed by atoms with van der Waals surface area (Å²) in [5.74, 6) is 0.667. The molecule has 1 heteroatoms. The molecular weight excluding hydrogens is 136 g/mol. The van der Waals surface area contributed by atoms with Gasteiger partial charge in [0.25, 0.3) is 0 Å². The topological polar surface area (TPSA) is 9.23 Å². The Morgan fingerprint density at radius 3 is 2.91 bits per heavy atom. The van der Waals surface area contributed by atoms with Crippen molar-refractivity contribution in [1.82, 2.24) is 0 Å². The van der Waals surface area contributed by atoms with E-state index in [9.17, 15) is 0 Å². The van der Waals surface area contributed by atoms with Gasteiger partial charge in [0.05, 0.1) is 12.7 Å². The summed E-state index contributed by atoms with van der Waals surface area (Å²) in [7, 11) is 0. The summed E-state index contributed by atoms with van der Waals surface area (Å²) in [6.07, 6.45) is 4.11. The van der Waals surface area contributed by atoms with Crippen LogP contribution in [0.25, 0.3) is 0 Å². The molecule has 1 aliphatic heterocycles. The highest BCUT2D eigenvalue weighted by molar-refractivity contribution is 5.02. The third-order valence-corrected chi connectivity index (χ3v) is 2.43. The van der Waals surface area contributed by atoms with Crippen LogP contribution in [0.15, 0.2) is 12.2 Å². The Bertz CT molecular complexity index is 140. The summed E-state index contributed by atoms with van der Waals surface area (Å²) in [6.45, 7) is 9.20. The van der Waals surface area contributed by atoms with Crippen LogP contribution >= 0.6 is 0 Å². The summed E-state index contributed by atoms with van der Waals surface area (Å²) in [6, 6.07) is 0. The lowest BCUT2D eigenvalue weighted by atomic mass is 9.92. The SMILES string of the molecule is C=C1CO[C@@H](CCC)CC1C. The molecule has 64 valence electrons. The molecule has 1 heterocycles. The van der Waals surface area contributed by atoms with Crippen LogP contribution < -0.4 is 0 Å². The van der Waals surface area contributed by atoms with Crippen molar-refractivity contribution in [2.45, 2.75) is 39.2 Å². The van der Waals surface area contributed by atoms with Crippen LogP contribution in [0.2, 0.25) is 0 Å². The molecule has 0 radical (unpaired) electrons. The van der Waals surface area contributed by atoms with Crippen molar-refractivity contribution in [3.05, 3.63) is 12.2 Å². The molecule has 0 bridgehead atoms. The van der Waals surface area contributed by atoms with Crippen LogP contribution in [0.5, 0.6) is 0 Å². The molecule has 2 atom stereocenters. The lowest BCUT2D eigenvalue weighted by molar-refractivity contribution is 0.0213. The van der Waals surface area contributed by atoms with Crippen LogP contribution in [-0.4, -0.2) is 12.7 Å². The maximum Gasteiger partial charge on any atom is 0.0680 e. The Morgan fingerprint density at radius 2 is 2.36 bits per heavy atom. The molecule has 0 aliphatic carbocycles. The van der Waals surface area contributed by atoms with Crippen molar-refractivity contribution >= 4 is 0 Å². The molecule has 0 spiro atoms. The zero-order valence-corrected chi connectivity index (χ0v) is 7.60. The van der Waals surface area contributed by atoms with Crippen molar-refractivity contribution in [2.24, 2.45) is 5.92 Å². The second-order valence-electron chi connectivity index (χ2n) is 3.52. The highest BCUT2D eigenvalue weighted by atomic mass is 16.5. The number of hydrogen-bond donors (Lipinski definition) is 0. The second-order valence-corrected chi connectivity index (χ2v) is 3.52. The van der Waals surface area contributed by atoms with Crippen LogP contribution in [0, 0.1) is 5.92 Å². The maximum atomic E-state index is 5.60. The van der Waals surface area contributed by atoms with Crippen LogP contribution in [0.4, 0.5) is 0 Å². The van der Waals surface area contributed by atoms with Gasteiger partial charge in [0.15, 0.2) is 0 Å². The third kappa shape index (κ3) is 2.33. The minimum atomic E-state index is 0.500. The van der Waals surface area contributed by atoms with Crippen molar-refractivity contribution < 1.29 is 4.74 Å². The Kier molecular flexibility index (Phi) is 3.13. The number of ether oxygens (including phenoxy) is 1. The van der Waals surface area contributed by atoms with Gasteiger partial charge in [0, 0.05) is 0 Å². The van der Waals surface area contributed by atoms with Crippen molar-refractivity contribution in [3.63, 3.8) is 0 Å². The fraction of sp³-hybridized carbons (Fsp3) is 0.800. The van der Waals surface area contributed by atoms with Gasteiger partial charge in [-0.1, -0.05) is 26.8 Å².